The summed E-state index contributed by atoms with van der Waals surface area (Å²) in [5, 5.41) is 3.51. The SMILES string of the molecule is Cc1cccc(C(=O)N[C@@H]2C(=O)N/[N+](=C\c3ccc(Br)cc3)[C@@H]2c2ccc(Cl)cc2)c1. The average molecular weight is 498 g/mol. The van der Waals surface area contributed by atoms with Crippen LogP contribution in [0.5, 0.6) is 0 Å². The molecule has 1 aliphatic heterocycles. The topological polar surface area (TPSA) is 61.2 Å². The van der Waals surface area contributed by atoms with Crippen molar-refractivity contribution in [3.05, 3.63) is 105 Å². The molecular weight excluding hydrogens is 478 g/mol. The van der Waals surface area contributed by atoms with E-state index in [1.54, 1.807) is 28.9 Å². The standard InChI is InChI=1S/C24H19BrClN3O2/c1-15-3-2-4-18(13-15)23(30)27-21-22(17-7-11-20(26)12-8-17)29(28-24(21)31)14-16-5-9-19(25)10-6-16/h2-14,21-22H,1H3,(H-,27,28,30,31)/p+1/b29-14-/t21-,22+/m0/s1. The summed E-state index contributed by atoms with van der Waals surface area (Å²) >= 11 is 9.50. The van der Waals surface area contributed by atoms with Crippen LogP contribution < -0.4 is 10.7 Å². The summed E-state index contributed by atoms with van der Waals surface area (Å²) in [7, 11) is 0. The van der Waals surface area contributed by atoms with Crippen LogP contribution in [0.25, 0.3) is 0 Å². The van der Waals surface area contributed by atoms with Gasteiger partial charge in [-0.15, -0.1) is 10.1 Å². The zero-order chi connectivity index (χ0) is 22.0. The van der Waals surface area contributed by atoms with Crippen molar-refractivity contribution in [2.75, 3.05) is 0 Å². The number of rotatable bonds is 4. The molecule has 31 heavy (non-hydrogen) atoms. The quantitative estimate of drug-likeness (QED) is 0.524. The van der Waals surface area contributed by atoms with E-state index in [0.29, 0.717) is 10.6 Å². The van der Waals surface area contributed by atoms with Gasteiger partial charge >= 0.3 is 5.91 Å². The van der Waals surface area contributed by atoms with Crippen LogP contribution >= 0.6 is 27.5 Å². The highest BCUT2D eigenvalue weighted by Gasteiger charge is 2.47. The molecule has 0 saturated carbocycles. The maximum absolute atomic E-state index is 12.9. The Morgan fingerprint density at radius 2 is 1.81 bits per heavy atom. The molecule has 3 aromatic carbocycles. The molecule has 2 N–H and O–H groups in total. The Labute approximate surface area is 193 Å². The molecule has 1 heterocycles. The summed E-state index contributed by atoms with van der Waals surface area (Å²) in [5.74, 6) is -0.581. The van der Waals surface area contributed by atoms with Crippen LogP contribution in [0.1, 0.15) is 33.1 Å². The normalized spacial score (nSPS) is 19.3. The van der Waals surface area contributed by atoms with E-state index < -0.39 is 12.1 Å². The molecule has 3 aromatic rings. The minimum absolute atomic E-state index is 0.283. The third kappa shape index (κ3) is 4.86. The van der Waals surface area contributed by atoms with Gasteiger partial charge in [-0.3, -0.25) is 9.59 Å². The van der Waals surface area contributed by atoms with Crippen molar-refractivity contribution in [1.82, 2.24) is 10.7 Å². The minimum atomic E-state index is -0.777. The first kappa shape index (κ1) is 21.3. The molecule has 1 aliphatic rings. The van der Waals surface area contributed by atoms with Crippen molar-refractivity contribution in [2.24, 2.45) is 0 Å². The maximum Gasteiger partial charge on any atom is 0.304 e. The molecule has 156 valence electrons. The second-order valence-electron chi connectivity index (χ2n) is 7.38. The van der Waals surface area contributed by atoms with Gasteiger partial charge in [0, 0.05) is 26.2 Å². The van der Waals surface area contributed by atoms with E-state index in [4.69, 9.17) is 11.6 Å². The van der Waals surface area contributed by atoms with Crippen LogP contribution in [0, 0.1) is 6.92 Å². The average Bonchev–Trinajstić information content (AvgIpc) is 3.05. The predicted molar refractivity (Wildman–Crippen MR) is 124 cm³/mol. The number of hydrogen-bond acceptors (Lipinski definition) is 2. The molecule has 0 aliphatic carbocycles. The van der Waals surface area contributed by atoms with Gasteiger partial charge in [0.1, 0.15) is 0 Å². The van der Waals surface area contributed by atoms with Crippen LogP contribution in [0.3, 0.4) is 0 Å². The Morgan fingerprint density at radius 3 is 2.48 bits per heavy atom. The number of nitrogens with zero attached hydrogens (tertiary/aromatic N) is 1. The van der Waals surface area contributed by atoms with Crippen molar-refractivity contribution in [3.63, 3.8) is 0 Å². The third-order valence-electron chi connectivity index (χ3n) is 5.07. The number of carbonyl (C=O) groups is 2. The number of hydrogen-bond donors (Lipinski definition) is 2. The van der Waals surface area contributed by atoms with Crippen LogP contribution in [0.2, 0.25) is 5.02 Å². The lowest BCUT2D eigenvalue weighted by Crippen LogP contribution is -2.42. The highest BCUT2D eigenvalue weighted by molar-refractivity contribution is 9.10. The highest BCUT2D eigenvalue weighted by atomic mass is 79.9. The molecule has 1 saturated heterocycles. The summed E-state index contributed by atoms with van der Waals surface area (Å²) in [6.07, 6.45) is 1.85. The van der Waals surface area contributed by atoms with Crippen molar-refractivity contribution in [3.8, 4) is 0 Å². The van der Waals surface area contributed by atoms with Gasteiger partial charge in [0.2, 0.25) is 12.3 Å². The Balaban J connectivity index is 1.70. The van der Waals surface area contributed by atoms with E-state index in [9.17, 15) is 9.59 Å². The first-order chi connectivity index (χ1) is 14.9. The fraction of sp³-hybridized carbons (Fsp3) is 0.125. The lowest BCUT2D eigenvalue weighted by atomic mass is 9.99. The van der Waals surface area contributed by atoms with Crippen molar-refractivity contribution < 1.29 is 14.3 Å². The molecule has 7 heteroatoms. The van der Waals surface area contributed by atoms with Crippen molar-refractivity contribution >= 4 is 45.6 Å². The lowest BCUT2D eigenvalue weighted by molar-refractivity contribution is -0.596. The number of benzene rings is 3. The molecule has 2 amide bonds. The molecule has 5 nitrogen and oxygen atoms in total. The number of nitrogens with one attached hydrogen (secondary N) is 2. The van der Waals surface area contributed by atoms with Gasteiger partial charge < -0.3 is 5.32 Å². The fourth-order valence-electron chi connectivity index (χ4n) is 3.56. The van der Waals surface area contributed by atoms with Gasteiger partial charge in [0.25, 0.3) is 5.91 Å². The molecule has 0 radical (unpaired) electrons. The molecule has 0 spiro atoms. The van der Waals surface area contributed by atoms with E-state index in [0.717, 1.165) is 21.2 Å². The maximum atomic E-state index is 12.9. The Kier molecular flexibility index (Phi) is 6.20. The molecule has 2 atom stereocenters. The van der Waals surface area contributed by atoms with Crippen molar-refractivity contribution in [1.29, 1.82) is 0 Å². The predicted octanol–water partition coefficient (Wildman–Crippen LogP) is 4.43. The summed E-state index contributed by atoms with van der Waals surface area (Å²) < 4.78 is 2.70. The third-order valence-corrected chi connectivity index (χ3v) is 5.85. The van der Waals surface area contributed by atoms with Gasteiger partial charge in [-0.1, -0.05) is 57.4 Å². The van der Waals surface area contributed by atoms with Gasteiger partial charge in [-0.2, -0.15) is 0 Å². The Morgan fingerprint density at radius 1 is 1.10 bits per heavy atom. The van der Waals surface area contributed by atoms with Crippen LogP contribution in [0.4, 0.5) is 0 Å². The van der Waals surface area contributed by atoms with E-state index in [-0.39, 0.29) is 11.8 Å². The molecule has 4 rings (SSSR count). The number of halogens is 2. The number of amides is 2. The monoisotopic (exact) mass is 496 g/mol. The molecule has 0 bridgehead atoms. The zero-order valence-corrected chi connectivity index (χ0v) is 19.0. The van der Waals surface area contributed by atoms with Crippen LogP contribution in [-0.2, 0) is 4.79 Å². The second kappa shape index (κ2) is 9.04. The van der Waals surface area contributed by atoms with Crippen molar-refractivity contribution in [2.45, 2.75) is 19.0 Å². The van der Waals surface area contributed by atoms with Crippen LogP contribution in [0.15, 0.2) is 77.3 Å². The number of hydrazine groups is 1. The zero-order valence-electron chi connectivity index (χ0n) is 16.7. The molecule has 0 unspecified atom stereocenters. The molecule has 0 aromatic heterocycles. The van der Waals surface area contributed by atoms with E-state index in [1.165, 1.54) is 0 Å². The minimum Gasteiger partial charge on any atom is -0.334 e. The fourth-order valence-corrected chi connectivity index (χ4v) is 3.95. The second-order valence-corrected chi connectivity index (χ2v) is 8.73. The van der Waals surface area contributed by atoms with Gasteiger partial charge in [0.05, 0.1) is 0 Å². The summed E-state index contributed by atoms with van der Waals surface area (Å²) in [6.45, 7) is 1.92. The Hall–Kier alpha value is -2.96. The first-order valence-corrected chi connectivity index (χ1v) is 10.9. The van der Waals surface area contributed by atoms with Crippen LogP contribution in [-0.4, -0.2) is 28.8 Å². The van der Waals surface area contributed by atoms with Gasteiger partial charge in [-0.05, 0) is 55.5 Å². The largest absolute Gasteiger partial charge is 0.334 e. The number of carbonyl (C=O) groups excluding carboxylic acids is 2. The number of hydrazone groups is 1. The molecular formula is C24H20BrClN3O2+. The summed E-state index contributed by atoms with van der Waals surface area (Å²) in [5.41, 5.74) is 6.13. The van der Waals surface area contributed by atoms with Gasteiger partial charge in [0.15, 0.2) is 6.04 Å². The summed E-state index contributed by atoms with van der Waals surface area (Å²) in [4.78, 5) is 25.8. The first-order valence-electron chi connectivity index (χ1n) is 9.73. The van der Waals surface area contributed by atoms with E-state index in [1.807, 2.05) is 61.7 Å². The van der Waals surface area contributed by atoms with E-state index in [2.05, 4.69) is 26.7 Å². The molecule has 1 fully saturated rings. The summed E-state index contributed by atoms with van der Waals surface area (Å²) in [6, 6.07) is 21.1. The Bertz CT molecular complexity index is 1160. The highest BCUT2D eigenvalue weighted by Crippen LogP contribution is 2.27. The smallest absolute Gasteiger partial charge is 0.304 e. The van der Waals surface area contributed by atoms with Gasteiger partial charge in [-0.25, -0.2) is 0 Å². The lowest BCUT2D eigenvalue weighted by Gasteiger charge is -2.15. The number of aryl methyl sites for hydroxylation is 1. The van der Waals surface area contributed by atoms with E-state index >= 15 is 0 Å².